The zero-order chi connectivity index (χ0) is 91.5. The number of carbonyl (C=O) groups excluding carboxylic acids is 1. The standard InChI is InChI=1S/C30H41N5O2.C28H38FN5.C27H29N3.C26H32F2N4/c1-30(2,3)37-29(36)35-19-17-33(18-20-35)16-13-31-25-11-14-34(15-12-25)26-9-6-8-23(21-26)28-22-24-7-4-5-10-27(24)32-28;1-21(2)33-17-15-32(16-18-33)14-11-30-24-9-12-34(13-10-24)25-7-3-5-22(19-25)27-20-23-6-4-8-26(29)28(23)31-27;1-2-7-21(8-3-1)13-16-28-24-14-17-30(18-15-24)25-11-6-10-22(19-25)27-20-23-9-4-5-12-26(23)29-27;27-26(28)10-15-31(16-11-26)17-12-29-22-8-13-32(14-9-22)23-6-3-5-20(18-23)25-19-21-4-1-2-7-24(21)30-25/h4-10,21-22,25,31-32H,11-20H2,1-3H3;3-8,19-21,24,30-31H,9-18H2,1-2H3;1-12,19-20,24,28-29H,13-18H2;1-7,18-19,22,29-30H,8-17H2. The van der Waals surface area contributed by atoms with Gasteiger partial charge in [0.2, 0.25) is 0 Å². The quantitative estimate of drug-likeness (QED) is 0.0272. The highest BCUT2D eigenvalue weighted by Crippen LogP contribution is 2.36. The Labute approximate surface area is 785 Å². The van der Waals surface area contributed by atoms with Gasteiger partial charge >= 0.3 is 6.09 Å². The van der Waals surface area contributed by atoms with Gasteiger partial charge in [-0.15, -0.1) is 0 Å². The molecule has 0 saturated carbocycles. The van der Waals surface area contributed by atoms with E-state index in [2.05, 4.69) is 313 Å². The smallest absolute Gasteiger partial charge is 0.410 e. The lowest BCUT2D eigenvalue weighted by Gasteiger charge is -2.37. The molecule has 1 amide bonds. The summed E-state index contributed by atoms with van der Waals surface area (Å²) >= 11 is 0. The van der Waals surface area contributed by atoms with Crippen molar-refractivity contribution in [1.82, 2.24) is 65.7 Å². The first-order chi connectivity index (χ1) is 64.8. The molecular weight excluding hydrogens is 1660 g/mol. The van der Waals surface area contributed by atoms with Gasteiger partial charge in [-0.3, -0.25) is 14.7 Å². The predicted octanol–water partition coefficient (Wildman–Crippen LogP) is 20.3. The number of likely N-dealkylation sites (tertiary alicyclic amines) is 1. The van der Waals surface area contributed by atoms with Crippen LogP contribution in [0.1, 0.15) is 104 Å². The number of ether oxygens (including phenoxy) is 1. The van der Waals surface area contributed by atoms with Crippen molar-refractivity contribution in [1.29, 1.82) is 0 Å². The number of alkyl halides is 2. The minimum absolute atomic E-state index is 0.00294. The number of rotatable bonds is 25. The van der Waals surface area contributed by atoms with E-state index < -0.39 is 11.5 Å². The van der Waals surface area contributed by atoms with E-state index in [1.165, 1.54) is 142 Å². The predicted molar refractivity (Wildman–Crippen MR) is 546 cm³/mol. The molecule has 0 aliphatic carbocycles. The lowest BCUT2D eigenvalue weighted by Crippen LogP contribution is -2.52. The molecule has 0 spiro atoms. The van der Waals surface area contributed by atoms with Crippen LogP contribution >= 0.6 is 0 Å². The van der Waals surface area contributed by atoms with Crippen molar-refractivity contribution in [3.05, 3.63) is 254 Å². The highest BCUT2D eigenvalue weighted by molar-refractivity contribution is 5.90. The molecule has 4 aromatic heterocycles. The molecule has 702 valence electrons. The highest BCUT2D eigenvalue weighted by Gasteiger charge is 2.35. The number of piperazine rings is 2. The van der Waals surface area contributed by atoms with E-state index >= 15 is 0 Å². The molecule has 9 aromatic carbocycles. The van der Waals surface area contributed by atoms with E-state index in [4.69, 9.17) is 4.74 Å². The lowest BCUT2D eigenvalue weighted by molar-refractivity contribution is -0.0548. The normalized spacial score (nSPS) is 18.0. The van der Waals surface area contributed by atoms with Gasteiger partial charge in [0.15, 0.2) is 0 Å². The number of nitrogens with one attached hydrogen (secondary N) is 8. The molecule has 20 rings (SSSR count). The monoisotopic (exact) mass is 1800 g/mol. The van der Waals surface area contributed by atoms with Gasteiger partial charge in [0, 0.05) is 289 Å². The maximum absolute atomic E-state index is 14.1. The van der Waals surface area contributed by atoms with Gasteiger partial charge in [0.25, 0.3) is 5.92 Å². The summed E-state index contributed by atoms with van der Waals surface area (Å²) in [5, 5.41) is 19.7. The Morgan fingerprint density at radius 3 is 1.08 bits per heavy atom. The molecule has 8 N–H and O–H groups in total. The summed E-state index contributed by atoms with van der Waals surface area (Å²) < 4.78 is 46.2. The lowest BCUT2D eigenvalue weighted by atomic mass is 10.0. The first-order valence-corrected chi connectivity index (χ1v) is 49.5. The van der Waals surface area contributed by atoms with Gasteiger partial charge < -0.3 is 75.3 Å². The molecule has 133 heavy (non-hydrogen) atoms. The van der Waals surface area contributed by atoms with E-state index in [0.717, 1.165) is 184 Å². The van der Waals surface area contributed by atoms with E-state index in [0.29, 0.717) is 48.8 Å². The molecule has 13 aromatic rings. The average Bonchev–Trinajstić information content (AvgIpc) is 1.47. The van der Waals surface area contributed by atoms with E-state index in [-0.39, 0.29) is 24.8 Å². The Bertz CT molecular complexity index is 5700. The number of H-pyrrole nitrogens is 4. The summed E-state index contributed by atoms with van der Waals surface area (Å²) in [5.41, 5.74) is 19.5. The Hall–Kier alpha value is -10.9. The molecule has 0 bridgehead atoms. The summed E-state index contributed by atoms with van der Waals surface area (Å²) in [7, 11) is 0. The van der Waals surface area contributed by atoms with Crippen LogP contribution in [0.4, 0.5) is 40.7 Å². The van der Waals surface area contributed by atoms with E-state index in [9.17, 15) is 18.0 Å². The number of hydrogen-bond donors (Lipinski definition) is 8. The minimum atomic E-state index is -2.46. The molecule has 22 heteroatoms. The molecular formula is C111H140F3N17O2. The molecule has 0 radical (unpaired) electrons. The Balaban J connectivity index is 0.000000124. The number of halogens is 3. The molecule has 7 fully saturated rings. The largest absolute Gasteiger partial charge is 0.444 e. The first kappa shape index (κ1) is 93.9. The van der Waals surface area contributed by atoms with Crippen molar-refractivity contribution < 1.29 is 22.7 Å². The molecule has 7 aliphatic rings. The third-order valence-corrected chi connectivity index (χ3v) is 28.3. The summed E-state index contributed by atoms with van der Waals surface area (Å²) in [6.07, 6.45) is 10.2. The zero-order valence-corrected chi connectivity index (χ0v) is 78.9. The maximum atomic E-state index is 14.1. The van der Waals surface area contributed by atoms with Crippen molar-refractivity contribution in [3.8, 4) is 45.0 Å². The van der Waals surface area contributed by atoms with Gasteiger partial charge in [-0.25, -0.2) is 18.0 Å². The number of benzene rings is 9. The fourth-order valence-corrected chi connectivity index (χ4v) is 20.2. The average molecular weight is 1800 g/mol. The molecule has 0 unspecified atom stereocenters. The number of aromatic nitrogens is 4. The van der Waals surface area contributed by atoms with Crippen molar-refractivity contribution >= 4 is 72.5 Å². The van der Waals surface area contributed by atoms with Crippen LogP contribution in [0.2, 0.25) is 0 Å². The van der Waals surface area contributed by atoms with E-state index in [1.807, 2.05) is 37.8 Å². The number of piperidine rings is 5. The Morgan fingerprint density at radius 1 is 0.376 bits per heavy atom. The third-order valence-electron chi connectivity index (χ3n) is 28.3. The maximum Gasteiger partial charge on any atom is 0.410 e. The van der Waals surface area contributed by atoms with Crippen LogP contribution in [0.25, 0.3) is 88.6 Å². The number of para-hydroxylation sites is 4. The Kier molecular flexibility index (Phi) is 31.7. The van der Waals surface area contributed by atoms with Crippen LogP contribution in [0.15, 0.2) is 243 Å². The highest BCUT2D eigenvalue weighted by atomic mass is 19.3. The summed E-state index contributed by atoms with van der Waals surface area (Å²) in [6.45, 7) is 35.1. The number of aromatic amines is 4. The van der Waals surface area contributed by atoms with Crippen molar-refractivity contribution in [3.63, 3.8) is 0 Å². The number of amides is 1. The minimum Gasteiger partial charge on any atom is -0.444 e. The number of anilines is 4. The second-order valence-corrected chi connectivity index (χ2v) is 39.0. The second-order valence-electron chi connectivity index (χ2n) is 39.0. The van der Waals surface area contributed by atoms with Gasteiger partial charge in [-0.2, -0.15) is 0 Å². The van der Waals surface area contributed by atoms with Crippen LogP contribution in [0.5, 0.6) is 0 Å². The molecule has 19 nitrogen and oxygen atoms in total. The number of nitrogens with zero attached hydrogens (tertiary/aromatic N) is 9. The van der Waals surface area contributed by atoms with Crippen molar-refractivity contribution in [2.45, 2.75) is 147 Å². The fraction of sp³-hybridized carbons (Fsp3) is 0.432. The molecule has 7 aliphatic heterocycles. The zero-order valence-electron chi connectivity index (χ0n) is 78.9. The van der Waals surface area contributed by atoms with Gasteiger partial charge in [0.05, 0.1) is 5.52 Å². The molecule has 0 atom stereocenters. The van der Waals surface area contributed by atoms with Gasteiger partial charge in [-0.05, 0) is 218 Å². The second kappa shape index (κ2) is 44.9. The van der Waals surface area contributed by atoms with Crippen molar-refractivity contribution in [2.24, 2.45) is 0 Å². The van der Waals surface area contributed by atoms with Crippen LogP contribution in [0, 0.1) is 5.82 Å². The van der Waals surface area contributed by atoms with Crippen LogP contribution in [0.3, 0.4) is 0 Å². The summed E-state index contributed by atoms with van der Waals surface area (Å²) in [5.74, 6) is -2.66. The molecule has 11 heterocycles. The molecule has 7 saturated heterocycles. The first-order valence-electron chi connectivity index (χ1n) is 49.5. The Morgan fingerprint density at radius 2 is 0.707 bits per heavy atom. The topological polar surface area (TPSA) is 167 Å². The number of fused-ring (bicyclic) bond motifs is 4. The number of hydrogen-bond acceptors (Lipinski definition) is 14. The van der Waals surface area contributed by atoms with Crippen LogP contribution < -0.4 is 40.9 Å². The van der Waals surface area contributed by atoms with Crippen LogP contribution in [-0.4, -0.2) is 256 Å². The summed E-state index contributed by atoms with van der Waals surface area (Å²) in [4.78, 5) is 47.8. The van der Waals surface area contributed by atoms with Gasteiger partial charge in [-0.1, -0.05) is 146 Å². The van der Waals surface area contributed by atoms with Gasteiger partial charge in [0.1, 0.15) is 11.4 Å². The fourth-order valence-electron chi connectivity index (χ4n) is 20.2. The van der Waals surface area contributed by atoms with Crippen LogP contribution in [-0.2, 0) is 11.2 Å². The van der Waals surface area contributed by atoms with Crippen molar-refractivity contribution in [2.75, 3.05) is 183 Å². The third kappa shape index (κ3) is 26.0. The summed E-state index contributed by atoms with van der Waals surface area (Å²) in [6, 6.07) is 88.2. The van der Waals surface area contributed by atoms with E-state index in [1.54, 1.807) is 6.07 Å². The number of carbonyl (C=O) groups is 1. The SMILES string of the molecule is CC(C)(C)OC(=O)N1CCN(CCNC2CCN(c3cccc(-c4cc5ccccc5[nH]4)c3)CC2)CC1.CC(C)N1CCN(CCNC2CCN(c3cccc(-c4cc5cccc(F)c5[nH]4)c3)CC2)CC1.FC1(F)CCN(CCNC2CCN(c3cccc(-c4cc5ccccc5[nH]4)c3)CC2)CC1.c1ccc(CCNC2CCN(c3cccc(-c4cc5ccccc5[nH]4)c3)CC2)cc1.